The molecular weight excluding hydrogens is 212 g/mol. The van der Waals surface area contributed by atoms with Crippen molar-refractivity contribution in [3.05, 3.63) is 35.9 Å². The van der Waals surface area contributed by atoms with Crippen LogP contribution in [0.1, 0.15) is 44.9 Å². The Morgan fingerprint density at radius 1 is 1.41 bits per heavy atom. The van der Waals surface area contributed by atoms with Crippen LogP contribution in [0.3, 0.4) is 0 Å². The highest BCUT2D eigenvalue weighted by Gasteiger charge is 2.22. The molecule has 2 rings (SSSR count). The van der Waals surface area contributed by atoms with Crippen LogP contribution in [0.4, 0.5) is 0 Å². The van der Waals surface area contributed by atoms with Gasteiger partial charge in [0.2, 0.25) is 0 Å². The highest BCUT2D eigenvalue weighted by molar-refractivity contribution is 5.16. The van der Waals surface area contributed by atoms with Gasteiger partial charge in [-0.15, -0.1) is 0 Å². The fraction of sp³-hybridized carbons (Fsp3) is 0.538. The summed E-state index contributed by atoms with van der Waals surface area (Å²) in [7, 11) is 0. The van der Waals surface area contributed by atoms with Crippen molar-refractivity contribution >= 4 is 0 Å². The normalized spacial score (nSPS) is 12.3. The van der Waals surface area contributed by atoms with Crippen molar-refractivity contribution in [2.45, 2.75) is 45.6 Å². The number of H-pyrrole nitrogens is 1. The molecule has 0 bridgehead atoms. The molecule has 4 nitrogen and oxygen atoms in total. The van der Waals surface area contributed by atoms with Crippen LogP contribution in [0, 0.1) is 0 Å². The molecule has 0 unspecified atom stereocenters. The lowest BCUT2D eigenvalue weighted by molar-refractivity contribution is 0.406. The van der Waals surface area contributed by atoms with Crippen LogP contribution < -0.4 is 0 Å². The molecule has 2 heterocycles. The Kier molecular flexibility index (Phi) is 3.05. The van der Waals surface area contributed by atoms with Gasteiger partial charge in [-0.2, -0.15) is 10.2 Å². The first-order chi connectivity index (χ1) is 7.99. The van der Waals surface area contributed by atoms with Gasteiger partial charge in [0.15, 0.2) is 0 Å². The van der Waals surface area contributed by atoms with E-state index in [1.54, 1.807) is 0 Å². The largest absolute Gasteiger partial charge is 0.285 e. The van der Waals surface area contributed by atoms with Crippen molar-refractivity contribution in [1.29, 1.82) is 0 Å². The molecule has 2 aromatic heterocycles. The lowest BCUT2D eigenvalue weighted by atomic mass is 9.87. The summed E-state index contributed by atoms with van der Waals surface area (Å²) in [5, 5.41) is 11.5. The van der Waals surface area contributed by atoms with Crippen molar-refractivity contribution < 1.29 is 0 Å². The maximum absolute atomic E-state index is 4.59. The minimum Gasteiger partial charge on any atom is -0.285 e. The number of hydrogen-bond acceptors (Lipinski definition) is 2. The second-order valence-corrected chi connectivity index (χ2v) is 5.46. The summed E-state index contributed by atoms with van der Waals surface area (Å²) >= 11 is 0. The molecule has 0 radical (unpaired) electrons. The number of aromatic amines is 1. The number of rotatable bonds is 4. The molecular formula is C13H20N4. The van der Waals surface area contributed by atoms with E-state index in [9.17, 15) is 0 Å². The van der Waals surface area contributed by atoms with E-state index in [0.29, 0.717) is 5.92 Å². The molecule has 0 saturated carbocycles. The smallest absolute Gasteiger partial charge is 0.0649 e. The second-order valence-electron chi connectivity index (χ2n) is 5.46. The van der Waals surface area contributed by atoms with E-state index in [2.05, 4.69) is 55.3 Å². The highest BCUT2D eigenvalue weighted by Crippen LogP contribution is 2.24. The Morgan fingerprint density at radius 3 is 2.71 bits per heavy atom. The number of nitrogens with one attached hydrogen (secondary N) is 1. The van der Waals surface area contributed by atoms with Crippen LogP contribution in [0.5, 0.6) is 0 Å². The molecule has 0 aromatic carbocycles. The maximum atomic E-state index is 4.59. The monoisotopic (exact) mass is 232 g/mol. The van der Waals surface area contributed by atoms with E-state index in [4.69, 9.17) is 0 Å². The topological polar surface area (TPSA) is 46.5 Å². The van der Waals surface area contributed by atoms with E-state index < -0.39 is 0 Å². The summed E-state index contributed by atoms with van der Waals surface area (Å²) in [6, 6.07) is 2.09. The van der Waals surface area contributed by atoms with Gasteiger partial charge in [-0.05, 0) is 17.5 Å². The van der Waals surface area contributed by atoms with Crippen LogP contribution in [0.2, 0.25) is 0 Å². The van der Waals surface area contributed by atoms with Gasteiger partial charge in [-0.25, -0.2) is 0 Å². The summed E-state index contributed by atoms with van der Waals surface area (Å²) < 4.78 is 2.02. The van der Waals surface area contributed by atoms with Gasteiger partial charge in [0.05, 0.1) is 18.4 Å². The van der Waals surface area contributed by atoms with Gasteiger partial charge < -0.3 is 0 Å². The van der Waals surface area contributed by atoms with Gasteiger partial charge >= 0.3 is 0 Å². The van der Waals surface area contributed by atoms with Crippen LogP contribution >= 0.6 is 0 Å². The van der Waals surface area contributed by atoms with E-state index >= 15 is 0 Å². The third-order valence-electron chi connectivity index (χ3n) is 3.09. The Bertz CT molecular complexity index is 465. The zero-order valence-electron chi connectivity index (χ0n) is 10.9. The third-order valence-corrected chi connectivity index (χ3v) is 3.09. The fourth-order valence-electron chi connectivity index (χ4n) is 1.89. The molecule has 0 amide bonds. The predicted octanol–water partition coefficient (Wildman–Crippen LogP) is 2.71. The molecule has 0 saturated heterocycles. The minimum atomic E-state index is 0.0350. The Balaban J connectivity index is 2.14. The van der Waals surface area contributed by atoms with Gasteiger partial charge in [-0.3, -0.25) is 9.78 Å². The first-order valence-corrected chi connectivity index (χ1v) is 6.01. The summed E-state index contributed by atoms with van der Waals surface area (Å²) in [4.78, 5) is 0. The summed E-state index contributed by atoms with van der Waals surface area (Å²) in [5.74, 6) is 0.480. The first kappa shape index (κ1) is 11.9. The molecule has 0 aliphatic heterocycles. The van der Waals surface area contributed by atoms with Crippen molar-refractivity contribution in [2.75, 3.05) is 0 Å². The van der Waals surface area contributed by atoms with Crippen LogP contribution in [0.15, 0.2) is 24.7 Å². The standard InChI is InChI=1S/C13H20N4/c1-10(2)12-5-6-17(16-12)9-13(3,4)11-7-14-15-8-11/h5-8,10H,9H2,1-4H3,(H,14,15). The van der Waals surface area contributed by atoms with Crippen molar-refractivity contribution in [3.8, 4) is 0 Å². The molecule has 92 valence electrons. The highest BCUT2D eigenvalue weighted by atomic mass is 15.3. The van der Waals surface area contributed by atoms with Crippen LogP contribution in [-0.4, -0.2) is 20.0 Å². The van der Waals surface area contributed by atoms with Gasteiger partial charge in [0.1, 0.15) is 0 Å². The average molecular weight is 232 g/mol. The second kappa shape index (κ2) is 4.35. The zero-order valence-corrected chi connectivity index (χ0v) is 10.9. The third kappa shape index (κ3) is 2.57. The van der Waals surface area contributed by atoms with E-state index in [0.717, 1.165) is 12.2 Å². The van der Waals surface area contributed by atoms with Gasteiger partial charge in [-0.1, -0.05) is 27.7 Å². The molecule has 0 aliphatic rings. The molecule has 0 aliphatic carbocycles. The molecule has 2 aromatic rings. The summed E-state index contributed by atoms with van der Waals surface area (Å²) in [5.41, 5.74) is 2.39. The lowest BCUT2D eigenvalue weighted by Crippen LogP contribution is -2.24. The number of hydrogen-bond donors (Lipinski definition) is 1. The molecule has 0 atom stereocenters. The van der Waals surface area contributed by atoms with Gasteiger partial charge in [0.25, 0.3) is 0 Å². The van der Waals surface area contributed by atoms with Gasteiger partial charge in [0, 0.05) is 17.8 Å². The van der Waals surface area contributed by atoms with E-state index in [1.807, 2.05) is 17.1 Å². The lowest BCUT2D eigenvalue weighted by Gasteiger charge is -2.23. The molecule has 0 fully saturated rings. The number of nitrogens with zero attached hydrogens (tertiary/aromatic N) is 3. The minimum absolute atomic E-state index is 0.0350. The van der Waals surface area contributed by atoms with Crippen LogP contribution in [0.25, 0.3) is 0 Å². The van der Waals surface area contributed by atoms with E-state index in [-0.39, 0.29) is 5.41 Å². The molecule has 1 N–H and O–H groups in total. The Morgan fingerprint density at radius 2 is 2.18 bits per heavy atom. The Labute approximate surface area is 102 Å². The zero-order chi connectivity index (χ0) is 12.5. The molecule has 4 heteroatoms. The predicted molar refractivity (Wildman–Crippen MR) is 67.9 cm³/mol. The average Bonchev–Trinajstić information content (AvgIpc) is 2.85. The summed E-state index contributed by atoms with van der Waals surface area (Å²) in [6.45, 7) is 9.59. The number of aromatic nitrogens is 4. The van der Waals surface area contributed by atoms with Crippen molar-refractivity contribution in [2.24, 2.45) is 0 Å². The quantitative estimate of drug-likeness (QED) is 0.881. The molecule has 17 heavy (non-hydrogen) atoms. The van der Waals surface area contributed by atoms with Crippen molar-refractivity contribution in [1.82, 2.24) is 20.0 Å². The fourth-order valence-corrected chi connectivity index (χ4v) is 1.89. The maximum Gasteiger partial charge on any atom is 0.0649 e. The summed E-state index contributed by atoms with van der Waals surface area (Å²) in [6.07, 6.45) is 5.89. The first-order valence-electron chi connectivity index (χ1n) is 6.01. The van der Waals surface area contributed by atoms with E-state index in [1.165, 1.54) is 5.56 Å². The Hall–Kier alpha value is -1.58. The van der Waals surface area contributed by atoms with Crippen molar-refractivity contribution in [3.63, 3.8) is 0 Å². The molecule has 0 spiro atoms. The van der Waals surface area contributed by atoms with Crippen LogP contribution in [-0.2, 0) is 12.0 Å². The SMILES string of the molecule is CC(C)c1ccn(CC(C)(C)c2cn[nH]c2)n1.